The van der Waals surface area contributed by atoms with Crippen molar-refractivity contribution in [3.05, 3.63) is 24.0 Å². The summed E-state index contributed by atoms with van der Waals surface area (Å²) in [5, 5.41) is 7.51. The highest BCUT2D eigenvalue weighted by Crippen LogP contribution is 2.23. The minimum absolute atomic E-state index is 0.482. The summed E-state index contributed by atoms with van der Waals surface area (Å²) >= 11 is 0. The van der Waals surface area contributed by atoms with Gasteiger partial charge in [-0.1, -0.05) is 0 Å². The first-order valence-corrected chi connectivity index (χ1v) is 5.65. The summed E-state index contributed by atoms with van der Waals surface area (Å²) in [4.78, 5) is 4.60. The van der Waals surface area contributed by atoms with Gasteiger partial charge in [0.15, 0.2) is 5.65 Å². The minimum Gasteiger partial charge on any atom is -0.384 e. The number of aromatic nitrogens is 3. The maximum Gasteiger partial charge on any atom is 0.157 e. The van der Waals surface area contributed by atoms with Gasteiger partial charge in [-0.25, -0.2) is 4.98 Å². The Morgan fingerprint density at radius 1 is 1.50 bits per heavy atom. The average Bonchev–Trinajstić information content (AvgIpc) is 2.79. The lowest BCUT2D eigenvalue weighted by Crippen LogP contribution is -2.29. The number of nitrogens with one attached hydrogen (secondary N) is 1. The van der Waals surface area contributed by atoms with Gasteiger partial charge < -0.3 is 11.1 Å². The van der Waals surface area contributed by atoms with Crippen molar-refractivity contribution in [3.63, 3.8) is 0 Å². The van der Waals surface area contributed by atoms with E-state index in [1.807, 2.05) is 12.1 Å². The van der Waals surface area contributed by atoms with Crippen LogP contribution in [0.4, 0.5) is 5.82 Å². The molecule has 3 N–H and O–H groups in total. The van der Waals surface area contributed by atoms with Crippen molar-refractivity contribution >= 4 is 11.5 Å². The lowest BCUT2D eigenvalue weighted by atomic mass is 9.96. The molecule has 84 valence electrons. The van der Waals surface area contributed by atoms with E-state index < -0.39 is 0 Å². The van der Waals surface area contributed by atoms with Crippen LogP contribution in [0.5, 0.6) is 0 Å². The Morgan fingerprint density at radius 2 is 2.44 bits per heavy atom. The fourth-order valence-electron chi connectivity index (χ4n) is 2.27. The van der Waals surface area contributed by atoms with E-state index in [9.17, 15) is 0 Å². The molecule has 0 radical (unpaired) electrons. The molecule has 2 aromatic heterocycles. The fraction of sp³-hybridized carbons (Fsp3) is 0.455. The number of hydrogen-bond donors (Lipinski definition) is 2. The van der Waals surface area contributed by atoms with Gasteiger partial charge in [0.2, 0.25) is 0 Å². The molecule has 5 heteroatoms. The number of nitrogens with two attached hydrogens (primary N) is 1. The molecule has 0 aromatic carbocycles. The Bertz CT molecular complexity index is 498. The van der Waals surface area contributed by atoms with Crippen LogP contribution in [-0.2, 0) is 0 Å². The fourth-order valence-corrected chi connectivity index (χ4v) is 2.27. The van der Waals surface area contributed by atoms with Crippen LogP contribution < -0.4 is 11.1 Å². The molecule has 3 heterocycles. The van der Waals surface area contributed by atoms with Gasteiger partial charge in [0.1, 0.15) is 5.82 Å². The number of hydrogen-bond acceptors (Lipinski definition) is 4. The van der Waals surface area contributed by atoms with Crippen molar-refractivity contribution in [3.8, 4) is 0 Å². The number of anilines is 1. The van der Waals surface area contributed by atoms with Gasteiger partial charge in [-0.05, 0) is 19.4 Å². The van der Waals surface area contributed by atoms with Crippen molar-refractivity contribution < 1.29 is 0 Å². The van der Waals surface area contributed by atoms with Gasteiger partial charge in [-0.2, -0.15) is 9.61 Å². The third-order valence-corrected chi connectivity index (χ3v) is 3.12. The molecule has 1 saturated heterocycles. The van der Waals surface area contributed by atoms with Crippen LogP contribution in [0, 0.1) is 0 Å². The summed E-state index contributed by atoms with van der Waals surface area (Å²) in [6.07, 6.45) is 4.11. The molecule has 1 atom stereocenters. The molecule has 0 saturated carbocycles. The number of piperidine rings is 1. The Labute approximate surface area is 93.7 Å². The summed E-state index contributed by atoms with van der Waals surface area (Å²) in [5.74, 6) is 1.14. The molecule has 2 aromatic rings. The highest BCUT2D eigenvalue weighted by atomic mass is 15.3. The number of fused-ring (bicyclic) bond motifs is 1. The largest absolute Gasteiger partial charge is 0.384 e. The second kappa shape index (κ2) is 3.75. The van der Waals surface area contributed by atoms with E-state index >= 15 is 0 Å². The molecule has 16 heavy (non-hydrogen) atoms. The smallest absolute Gasteiger partial charge is 0.157 e. The third-order valence-electron chi connectivity index (χ3n) is 3.12. The molecule has 3 rings (SSSR count). The highest BCUT2D eigenvalue weighted by molar-refractivity contribution is 5.47. The van der Waals surface area contributed by atoms with E-state index in [2.05, 4.69) is 15.4 Å². The second-order valence-electron chi connectivity index (χ2n) is 4.25. The predicted octanol–water partition coefficient (Wildman–Crippen LogP) is 0.778. The Kier molecular flexibility index (Phi) is 2.25. The Morgan fingerprint density at radius 3 is 3.25 bits per heavy atom. The highest BCUT2D eigenvalue weighted by Gasteiger charge is 2.17. The van der Waals surface area contributed by atoms with Crippen molar-refractivity contribution in [1.82, 2.24) is 19.9 Å². The van der Waals surface area contributed by atoms with E-state index in [1.54, 1.807) is 10.7 Å². The molecular formula is C11H15N5. The first-order valence-electron chi connectivity index (χ1n) is 5.65. The maximum atomic E-state index is 5.95. The number of rotatable bonds is 1. The van der Waals surface area contributed by atoms with Crippen LogP contribution in [0.25, 0.3) is 5.65 Å². The molecule has 0 spiro atoms. The van der Waals surface area contributed by atoms with Gasteiger partial charge in [-0.3, -0.25) is 0 Å². The maximum absolute atomic E-state index is 5.95. The first-order chi connectivity index (χ1) is 7.84. The average molecular weight is 217 g/mol. The third kappa shape index (κ3) is 1.53. The lowest BCUT2D eigenvalue weighted by molar-refractivity contribution is 0.455. The zero-order valence-electron chi connectivity index (χ0n) is 9.06. The minimum atomic E-state index is 0.482. The molecule has 5 nitrogen and oxygen atoms in total. The summed E-state index contributed by atoms with van der Waals surface area (Å²) < 4.78 is 1.67. The molecular weight excluding hydrogens is 202 g/mol. The van der Waals surface area contributed by atoms with Crippen LogP contribution in [0.15, 0.2) is 18.3 Å². The predicted molar refractivity (Wildman–Crippen MR) is 62.2 cm³/mol. The van der Waals surface area contributed by atoms with E-state index in [4.69, 9.17) is 5.73 Å². The summed E-state index contributed by atoms with van der Waals surface area (Å²) in [5.41, 5.74) is 7.86. The molecule has 1 aliphatic heterocycles. The number of nitrogen functional groups attached to an aromatic ring is 1. The standard InChI is InChI=1S/C11H15N5/c12-10-6-9(8-2-1-4-13-7-8)15-11-3-5-14-16(10)11/h3,5-6,8,13H,1-2,4,7,12H2/t8-/m1/s1. The molecule has 1 fully saturated rings. The monoisotopic (exact) mass is 217 g/mol. The van der Waals surface area contributed by atoms with Gasteiger partial charge in [-0.15, -0.1) is 0 Å². The summed E-state index contributed by atoms with van der Waals surface area (Å²) in [7, 11) is 0. The topological polar surface area (TPSA) is 68.2 Å². The van der Waals surface area contributed by atoms with Gasteiger partial charge in [0, 0.05) is 24.6 Å². The normalized spacial score (nSPS) is 21.4. The van der Waals surface area contributed by atoms with Crippen molar-refractivity contribution in [1.29, 1.82) is 0 Å². The van der Waals surface area contributed by atoms with Crippen LogP contribution in [0.1, 0.15) is 24.5 Å². The molecule has 1 aliphatic rings. The lowest BCUT2D eigenvalue weighted by Gasteiger charge is -2.22. The van der Waals surface area contributed by atoms with E-state index in [-0.39, 0.29) is 0 Å². The van der Waals surface area contributed by atoms with E-state index in [0.29, 0.717) is 11.7 Å². The Hall–Kier alpha value is -1.62. The SMILES string of the molecule is Nc1cc([C@@H]2CCCNC2)nc2ccnn12. The van der Waals surface area contributed by atoms with Crippen molar-refractivity contribution in [2.24, 2.45) is 0 Å². The van der Waals surface area contributed by atoms with Gasteiger partial charge >= 0.3 is 0 Å². The van der Waals surface area contributed by atoms with Crippen molar-refractivity contribution in [2.45, 2.75) is 18.8 Å². The van der Waals surface area contributed by atoms with Gasteiger partial charge in [0.25, 0.3) is 0 Å². The van der Waals surface area contributed by atoms with Crippen LogP contribution >= 0.6 is 0 Å². The molecule has 0 aliphatic carbocycles. The van der Waals surface area contributed by atoms with E-state index in [0.717, 1.165) is 24.4 Å². The zero-order valence-corrected chi connectivity index (χ0v) is 9.06. The molecule has 0 bridgehead atoms. The molecule has 0 unspecified atom stereocenters. The van der Waals surface area contributed by atoms with E-state index in [1.165, 1.54) is 12.8 Å². The van der Waals surface area contributed by atoms with Gasteiger partial charge in [0.05, 0.1) is 11.9 Å². The summed E-state index contributed by atoms with van der Waals surface area (Å²) in [6, 6.07) is 3.83. The van der Waals surface area contributed by atoms with Crippen molar-refractivity contribution in [2.75, 3.05) is 18.8 Å². The summed E-state index contributed by atoms with van der Waals surface area (Å²) in [6.45, 7) is 2.11. The van der Waals surface area contributed by atoms with Crippen LogP contribution in [-0.4, -0.2) is 27.7 Å². The quantitative estimate of drug-likeness (QED) is 0.740. The Balaban J connectivity index is 2.02. The van der Waals surface area contributed by atoms with Crippen LogP contribution in [0.2, 0.25) is 0 Å². The zero-order chi connectivity index (χ0) is 11.0. The first kappa shape index (κ1) is 9.59. The van der Waals surface area contributed by atoms with Crippen LogP contribution in [0.3, 0.4) is 0 Å². The molecule has 0 amide bonds. The second-order valence-corrected chi connectivity index (χ2v) is 4.25. The number of nitrogens with zero attached hydrogens (tertiary/aromatic N) is 3.